The summed E-state index contributed by atoms with van der Waals surface area (Å²) in [6.07, 6.45) is 0. The van der Waals surface area contributed by atoms with Crippen LogP contribution in [-0.4, -0.2) is 20.1 Å². The van der Waals surface area contributed by atoms with Crippen LogP contribution in [0.5, 0.6) is 0 Å². The van der Waals surface area contributed by atoms with Crippen molar-refractivity contribution in [2.45, 2.75) is 20.0 Å². The van der Waals surface area contributed by atoms with Gasteiger partial charge in [-0.15, -0.1) is 0 Å². The maximum atomic E-state index is 12.7. The van der Waals surface area contributed by atoms with Crippen molar-refractivity contribution in [2.75, 3.05) is 5.32 Å². The third kappa shape index (κ3) is 4.60. The predicted molar refractivity (Wildman–Crippen MR) is 127 cm³/mol. The van der Waals surface area contributed by atoms with Crippen LogP contribution in [0, 0.1) is 11.7 Å². The molecule has 0 bridgehead atoms. The zero-order valence-corrected chi connectivity index (χ0v) is 18.5. The number of nitrogens with zero attached hydrogens (tertiary/aromatic N) is 3. The molecule has 0 atom stereocenters. The van der Waals surface area contributed by atoms with Gasteiger partial charge in [-0.05, 0) is 49.0 Å². The number of halogens is 1. The fourth-order valence-electron chi connectivity index (χ4n) is 3.33. The maximum absolute atomic E-state index is 12.7. The van der Waals surface area contributed by atoms with Crippen LogP contribution >= 0.6 is 23.8 Å². The molecule has 5 nitrogen and oxygen atoms in total. The number of rotatable bonds is 7. The molecule has 4 rings (SSSR count). The van der Waals surface area contributed by atoms with Gasteiger partial charge in [0.2, 0.25) is 4.77 Å². The lowest BCUT2D eigenvalue weighted by Crippen LogP contribution is -2.12. The first-order chi connectivity index (χ1) is 15.0. The van der Waals surface area contributed by atoms with Gasteiger partial charge in [0.15, 0.2) is 11.6 Å². The number of ketones is 1. The van der Waals surface area contributed by atoms with E-state index in [0.717, 1.165) is 16.9 Å². The molecule has 4 aromatic rings. The minimum absolute atomic E-state index is 0.0420. The van der Waals surface area contributed by atoms with Crippen LogP contribution in [0.2, 0.25) is 5.02 Å². The van der Waals surface area contributed by atoms with E-state index in [1.165, 1.54) is 0 Å². The van der Waals surface area contributed by atoms with Crippen molar-refractivity contribution in [3.05, 3.63) is 106 Å². The fraction of sp³-hybridized carbons (Fsp3) is 0.125. The first-order valence-electron chi connectivity index (χ1n) is 9.86. The lowest BCUT2D eigenvalue weighted by Gasteiger charge is -2.11. The lowest BCUT2D eigenvalue weighted by atomic mass is 10.1. The van der Waals surface area contributed by atoms with Crippen LogP contribution in [-0.2, 0) is 13.1 Å². The van der Waals surface area contributed by atoms with Crippen LogP contribution < -0.4 is 5.32 Å². The van der Waals surface area contributed by atoms with Crippen molar-refractivity contribution in [3.63, 3.8) is 0 Å². The van der Waals surface area contributed by atoms with E-state index in [4.69, 9.17) is 23.8 Å². The molecule has 0 amide bonds. The van der Waals surface area contributed by atoms with E-state index in [-0.39, 0.29) is 12.3 Å². The number of hydrogen-bond donors (Lipinski definition) is 1. The van der Waals surface area contributed by atoms with Crippen molar-refractivity contribution >= 4 is 35.3 Å². The van der Waals surface area contributed by atoms with Crippen molar-refractivity contribution in [1.82, 2.24) is 14.3 Å². The highest BCUT2D eigenvalue weighted by atomic mass is 35.5. The molecule has 0 spiro atoms. The Kier molecular flexibility index (Phi) is 6.30. The van der Waals surface area contributed by atoms with Gasteiger partial charge in [-0.2, -0.15) is 5.10 Å². The third-order valence-corrected chi connectivity index (χ3v) is 5.82. The quantitative estimate of drug-likeness (QED) is 0.284. The van der Waals surface area contributed by atoms with E-state index in [9.17, 15) is 4.79 Å². The van der Waals surface area contributed by atoms with Crippen LogP contribution in [0.4, 0.5) is 5.69 Å². The summed E-state index contributed by atoms with van der Waals surface area (Å²) in [5.41, 5.74) is 3.42. The van der Waals surface area contributed by atoms with E-state index in [2.05, 4.69) is 10.4 Å². The summed E-state index contributed by atoms with van der Waals surface area (Å²) < 4.78 is 3.94. The molecule has 0 unspecified atom stereocenters. The standard InChI is InChI=1S/C24H21ClN4OS/c1-17-20(25)13-8-14-21(17)26-15-23-27-28(16-22(30)18-9-4-2-5-10-18)24(31)29(23)19-11-6-3-7-12-19/h2-14,26H,15-16H2,1H3. The van der Waals surface area contributed by atoms with Gasteiger partial charge in [0.1, 0.15) is 6.54 Å². The molecule has 0 aliphatic rings. The molecule has 1 heterocycles. The minimum atomic E-state index is -0.0420. The summed E-state index contributed by atoms with van der Waals surface area (Å²) in [6, 6.07) is 24.7. The van der Waals surface area contributed by atoms with Crippen molar-refractivity contribution in [2.24, 2.45) is 0 Å². The summed E-state index contributed by atoms with van der Waals surface area (Å²) in [6.45, 7) is 2.46. The number of para-hydroxylation sites is 1. The third-order valence-electron chi connectivity index (χ3n) is 5.01. The second kappa shape index (κ2) is 9.29. The Morgan fingerprint density at radius 2 is 1.68 bits per heavy atom. The molecule has 0 aliphatic carbocycles. The van der Waals surface area contributed by atoms with E-state index >= 15 is 0 Å². The lowest BCUT2D eigenvalue weighted by molar-refractivity contribution is 0.0967. The van der Waals surface area contributed by atoms with Gasteiger partial charge in [-0.3, -0.25) is 9.36 Å². The highest BCUT2D eigenvalue weighted by Crippen LogP contribution is 2.24. The second-order valence-electron chi connectivity index (χ2n) is 7.08. The molecule has 0 saturated carbocycles. The van der Waals surface area contributed by atoms with Crippen molar-refractivity contribution < 1.29 is 4.79 Å². The van der Waals surface area contributed by atoms with Crippen LogP contribution in [0.1, 0.15) is 21.7 Å². The van der Waals surface area contributed by atoms with E-state index in [1.54, 1.807) is 16.8 Å². The summed E-state index contributed by atoms with van der Waals surface area (Å²) >= 11 is 12.0. The monoisotopic (exact) mass is 448 g/mol. The largest absolute Gasteiger partial charge is 0.377 e. The first-order valence-corrected chi connectivity index (χ1v) is 10.6. The van der Waals surface area contributed by atoms with Crippen molar-refractivity contribution in [1.29, 1.82) is 0 Å². The van der Waals surface area contributed by atoms with Gasteiger partial charge < -0.3 is 5.32 Å². The molecule has 3 aromatic carbocycles. The number of carbonyl (C=O) groups is 1. The van der Waals surface area contributed by atoms with Gasteiger partial charge in [0.25, 0.3) is 0 Å². The molecule has 0 saturated heterocycles. The maximum Gasteiger partial charge on any atom is 0.203 e. The molecular formula is C24H21ClN4OS. The molecule has 0 fully saturated rings. The zero-order valence-electron chi connectivity index (χ0n) is 17.0. The SMILES string of the molecule is Cc1c(Cl)cccc1NCc1nn(CC(=O)c2ccccc2)c(=S)n1-c1ccccc1. The topological polar surface area (TPSA) is 51.9 Å². The van der Waals surface area contributed by atoms with Gasteiger partial charge in [-0.25, -0.2) is 4.68 Å². The highest BCUT2D eigenvalue weighted by Gasteiger charge is 2.16. The van der Waals surface area contributed by atoms with Gasteiger partial charge in [0, 0.05) is 22.0 Å². The first kappa shape index (κ1) is 21.0. The number of Topliss-reactive ketones (excluding diaryl/α,β-unsaturated/α-hetero) is 1. The highest BCUT2D eigenvalue weighted by molar-refractivity contribution is 7.71. The van der Waals surface area contributed by atoms with Gasteiger partial charge in [-0.1, -0.05) is 66.2 Å². The predicted octanol–water partition coefficient (Wildman–Crippen LogP) is 5.86. The fourth-order valence-corrected chi connectivity index (χ4v) is 3.82. The normalized spacial score (nSPS) is 10.8. The Morgan fingerprint density at radius 3 is 2.39 bits per heavy atom. The number of anilines is 1. The Labute approximate surface area is 190 Å². The molecule has 1 aromatic heterocycles. The minimum Gasteiger partial charge on any atom is -0.377 e. The molecule has 31 heavy (non-hydrogen) atoms. The average Bonchev–Trinajstić information content (AvgIpc) is 3.10. The van der Waals surface area contributed by atoms with Crippen LogP contribution in [0.25, 0.3) is 5.69 Å². The number of nitrogens with one attached hydrogen (secondary N) is 1. The van der Waals surface area contributed by atoms with Crippen LogP contribution in [0.3, 0.4) is 0 Å². The number of carbonyl (C=O) groups excluding carboxylic acids is 1. The Bertz CT molecular complexity index is 1270. The number of hydrogen-bond acceptors (Lipinski definition) is 4. The van der Waals surface area contributed by atoms with Crippen LogP contribution in [0.15, 0.2) is 78.9 Å². The summed E-state index contributed by atoms with van der Waals surface area (Å²) in [7, 11) is 0. The average molecular weight is 449 g/mol. The smallest absolute Gasteiger partial charge is 0.203 e. The molecule has 1 N–H and O–H groups in total. The number of aromatic nitrogens is 3. The molecular weight excluding hydrogens is 428 g/mol. The summed E-state index contributed by atoms with van der Waals surface area (Å²) in [5, 5.41) is 8.77. The summed E-state index contributed by atoms with van der Waals surface area (Å²) in [4.78, 5) is 12.7. The van der Waals surface area contributed by atoms with E-state index < -0.39 is 0 Å². The Morgan fingerprint density at radius 1 is 1.00 bits per heavy atom. The zero-order chi connectivity index (χ0) is 21.8. The van der Waals surface area contributed by atoms with Gasteiger partial charge in [0.05, 0.1) is 6.54 Å². The Hall–Kier alpha value is -3.22. The number of benzene rings is 3. The Balaban J connectivity index is 1.68. The molecule has 0 radical (unpaired) electrons. The van der Waals surface area contributed by atoms with Crippen molar-refractivity contribution in [3.8, 4) is 5.69 Å². The van der Waals surface area contributed by atoms with Gasteiger partial charge >= 0.3 is 0 Å². The molecule has 0 aliphatic heterocycles. The molecule has 7 heteroatoms. The van der Waals surface area contributed by atoms with E-state index in [1.807, 2.05) is 78.2 Å². The summed E-state index contributed by atoms with van der Waals surface area (Å²) in [5.74, 6) is 0.663. The van der Waals surface area contributed by atoms with E-state index in [0.29, 0.717) is 27.7 Å². The molecule has 156 valence electrons. The second-order valence-corrected chi connectivity index (χ2v) is 7.85.